The van der Waals surface area contributed by atoms with Gasteiger partial charge in [0.1, 0.15) is 0 Å². The zero-order valence-electron chi connectivity index (χ0n) is 6.22. The molecule has 0 aliphatic rings. The average molecular weight is 266 g/mol. The van der Waals surface area contributed by atoms with Crippen LogP contribution in [0.25, 0.3) is 0 Å². The summed E-state index contributed by atoms with van der Waals surface area (Å²) < 4.78 is 0.503. The lowest BCUT2D eigenvalue weighted by molar-refractivity contribution is -0.118. The molecule has 0 spiro atoms. The van der Waals surface area contributed by atoms with Crippen molar-refractivity contribution >= 4 is 34.7 Å². The van der Waals surface area contributed by atoms with E-state index in [0.29, 0.717) is 17.5 Å². The monoisotopic (exact) mass is 266 g/mol. The molecule has 0 saturated heterocycles. The highest BCUT2D eigenvalue weighted by atomic mass is 127. The number of hydrogen-bond donors (Lipinski definition) is 1. The minimum atomic E-state index is 0.0550. The molecular formula is C7H11IN2O. The molecule has 4 heteroatoms. The van der Waals surface area contributed by atoms with Crippen LogP contribution in [0.5, 0.6) is 0 Å². The standard InChI is InChI=1S/C7H11IN2O/c1-2-3-9-4-5-10-7(11)6-8/h2-3H,1,4-6H2,(H,10,11). The number of carbonyl (C=O) groups is 1. The normalized spacial score (nSPS) is 9.91. The smallest absolute Gasteiger partial charge is 0.229 e. The molecule has 11 heavy (non-hydrogen) atoms. The highest BCUT2D eigenvalue weighted by Gasteiger charge is 1.93. The fourth-order valence-electron chi connectivity index (χ4n) is 0.456. The number of amides is 1. The van der Waals surface area contributed by atoms with E-state index in [-0.39, 0.29) is 5.91 Å². The fourth-order valence-corrected chi connectivity index (χ4v) is 0.726. The molecule has 0 aromatic rings. The van der Waals surface area contributed by atoms with Gasteiger partial charge in [-0.1, -0.05) is 35.2 Å². The van der Waals surface area contributed by atoms with E-state index in [9.17, 15) is 4.79 Å². The number of hydrogen-bond acceptors (Lipinski definition) is 2. The van der Waals surface area contributed by atoms with Crippen LogP contribution in [0.4, 0.5) is 0 Å². The Labute approximate surface area is 80.1 Å². The topological polar surface area (TPSA) is 41.5 Å². The van der Waals surface area contributed by atoms with Gasteiger partial charge < -0.3 is 5.32 Å². The number of halogens is 1. The molecule has 0 rings (SSSR count). The first-order valence-electron chi connectivity index (χ1n) is 3.24. The average Bonchev–Trinajstić information content (AvgIpc) is 2.04. The van der Waals surface area contributed by atoms with Gasteiger partial charge in [-0.05, 0) is 0 Å². The van der Waals surface area contributed by atoms with Gasteiger partial charge in [-0.2, -0.15) is 0 Å². The molecule has 62 valence electrons. The van der Waals surface area contributed by atoms with Gasteiger partial charge in [0, 0.05) is 12.8 Å². The van der Waals surface area contributed by atoms with Crippen LogP contribution in [-0.2, 0) is 4.79 Å². The summed E-state index contributed by atoms with van der Waals surface area (Å²) in [5.41, 5.74) is 0. The van der Waals surface area contributed by atoms with Gasteiger partial charge >= 0.3 is 0 Å². The minimum absolute atomic E-state index is 0.0550. The Hall–Kier alpha value is -0.390. The second kappa shape index (κ2) is 7.71. The third-order valence-corrected chi connectivity index (χ3v) is 1.59. The van der Waals surface area contributed by atoms with E-state index in [0.717, 1.165) is 0 Å². The van der Waals surface area contributed by atoms with Crippen molar-refractivity contribution in [2.75, 3.05) is 17.5 Å². The number of aliphatic imine (C=N–C) groups is 1. The summed E-state index contributed by atoms with van der Waals surface area (Å²) >= 11 is 2.02. The van der Waals surface area contributed by atoms with Crippen LogP contribution < -0.4 is 5.32 Å². The molecule has 0 aliphatic carbocycles. The molecule has 3 nitrogen and oxygen atoms in total. The van der Waals surface area contributed by atoms with Gasteiger partial charge in [0.25, 0.3) is 0 Å². The lowest BCUT2D eigenvalue weighted by Crippen LogP contribution is -2.26. The third kappa shape index (κ3) is 7.51. The lowest BCUT2D eigenvalue weighted by atomic mass is 10.6. The highest BCUT2D eigenvalue weighted by Crippen LogP contribution is 1.78. The van der Waals surface area contributed by atoms with Crippen LogP contribution in [0.1, 0.15) is 0 Å². The van der Waals surface area contributed by atoms with E-state index in [4.69, 9.17) is 0 Å². The summed E-state index contributed by atoms with van der Waals surface area (Å²) in [7, 11) is 0. The molecule has 0 radical (unpaired) electrons. The summed E-state index contributed by atoms with van der Waals surface area (Å²) in [6.07, 6.45) is 3.23. The lowest BCUT2D eigenvalue weighted by Gasteiger charge is -1.97. The molecule has 0 unspecified atom stereocenters. The molecule has 0 aromatic heterocycles. The van der Waals surface area contributed by atoms with Crippen LogP contribution >= 0.6 is 22.6 Å². The Morgan fingerprint density at radius 2 is 2.45 bits per heavy atom. The summed E-state index contributed by atoms with van der Waals surface area (Å²) in [4.78, 5) is 14.6. The van der Waals surface area contributed by atoms with Gasteiger partial charge in [0.05, 0.1) is 11.0 Å². The molecule has 0 bridgehead atoms. The van der Waals surface area contributed by atoms with Crippen molar-refractivity contribution < 1.29 is 4.79 Å². The van der Waals surface area contributed by atoms with E-state index >= 15 is 0 Å². The number of alkyl halides is 1. The molecule has 0 fully saturated rings. The molecule has 0 heterocycles. The Kier molecular flexibility index (Phi) is 7.44. The summed E-state index contributed by atoms with van der Waals surface area (Å²) in [6.45, 7) is 4.69. The van der Waals surface area contributed by atoms with Gasteiger partial charge in [-0.25, -0.2) is 0 Å². The largest absolute Gasteiger partial charge is 0.354 e. The van der Waals surface area contributed by atoms with Gasteiger partial charge in [0.15, 0.2) is 0 Å². The van der Waals surface area contributed by atoms with Crippen molar-refractivity contribution in [3.8, 4) is 0 Å². The van der Waals surface area contributed by atoms with E-state index in [2.05, 4.69) is 16.9 Å². The maximum absolute atomic E-state index is 10.7. The molecule has 0 saturated carbocycles. The molecule has 1 N–H and O–H groups in total. The van der Waals surface area contributed by atoms with Crippen molar-refractivity contribution in [3.63, 3.8) is 0 Å². The summed E-state index contributed by atoms with van der Waals surface area (Å²) in [6, 6.07) is 0. The number of nitrogens with one attached hydrogen (secondary N) is 1. The van der Waals surface area contributed by atoms with E-state index in [1.807, 2.05) is 22.6 Å². The first-order chi connectivity index (χ1) is 5.31. The van der Waals surface area contributed by atoms with E-state index in [1.54, 1.807) is 12.3 Å². The van der Waals surface area contributed by atoms with Crippen molar-refractivity contribution in [1.82, 2.24) is 5.32 Å². The number of allylic oxidation sites excluding steroid dienone is 1. The predicted molar refractivity (Wildman–Crippen MR) is 55.5 cm³/mol. The van der Waals surface area contributed by atoms with Crippen LogP contribution in [0.3, 0.4) is 0 Å². The van der Waals surface area contributed by atoms with Crippen LogP contribution in [0.2, 0.25) is 0 Å². The number of nitrogens with zero attached hydrogens (tertiary/aromatic N) is 1. The first-order valence-corrected chi connectivity index (χ1v) is 4.77. The Bertz CT molecular complexity index is 157. The van der Waals surface area contributed by atoms with Crippen molar-refractivity contribution in [1.29, 1.82) is 0 Å². The predicted octanol–water partition coefficient (Wildman–Crippen LogP) is 0.794. The van der Waals surface area contributed by atoms with Crippen LogP contribution in [0.15, 0.2) is 17.6 Å². The Morgan fingerprint density at radius 3 is 3.00 bits per heavy atom. The van der Waals surface area contributed by atoms with Crippen LogP contribution in [-0.4, -0.2) is 29.6 Å². The van der Waals surface area contributed by atoms with E-state index in [1.165, 1.54) is 0 Å². The SMILES string of the molecule is C=CC=NCCNC(=O)CI. The zero-order chi connectivity index (χ0) is 8.53. The Morgan fingerprint density at radius 1 is 1.73 bits per heavy atom. The van der Waals surface area contributed by atoms with Gasteiger partial charge in [-0.3, -0.25) is 9.79 Å². The molecule has 0 aliphatic heterocycles. The van der Waals surface area contributed by atoms with Crippen molar-refractivity contribution in [3.05, 3.63) is 12.7 Å². The molecule has 0 atom stereocenters. The number of carbonyl (C=O) groups excluding carboxylic acids is 1. The number of rotatable bonds is 5. The molecule has 1 amide bonds. The molecular weight excluding hydrogens is 255 g/mol. The maximum Gasteiger partial charge on any atom is 0.229 e. The second-order valence-corrected chi connectivity index (χ2v) is 2.54. The van der Waals surface area contributed by atoms with Gasteiger partial charge in [0.2, 0.25) is 5.91 Å². The summed E-state index contributed by atoms with van der Waals surface area (Å²) in [5.74, 6) is 0.0550. The Balaban J connectivity index is 3.20. The minimum Gasteiger partial charge on any atom is -0.354 e. The third-order valence-electron chi connectivity index (χ3n) is 0.895. The van der Waals surface area contributed by atoms with Crippen molar-refractivity contribution in [2.24, 2.45) is 4.99 Å². The van der Waals surface area contributed by atoms with E-state index < -0.39 is 0 Å². The maximum atomic E-state index is 10.7. The van der Waals surface area contributed by atoms with Crippen LogP contribution in [0, 0.1) is 0 Å². The van der Waals surface area contributed by atoms with Gasteiger partial charge in [-0.15, -0.1) is 0 Å². The van der Waals surface area contributed by atoms with Crippen molar-refractivity contribution in [2.45, 2.75) is 0 Å². The highest BCUT2D eigenvalue weighted by molar-refractivity contribution is 14.1. The molecule has 0 aromatic carbocycles. The fraction of sp³-hybridized carbons (Fsp3) is 0.429. The zero-order valence-corrected chi connectivity index (χ0v) is 8.37. The second-order valence-electron chi connectivity index (χ2n) is 1.77. The first kappa shape index (κ1) is 10.6. The quantitative estimate of drug-likeness (QED) is 0.340. The summed E-state index contributed by atoms with van der Waals surface area (Å²) in [5, 5.41) is 2.70.